The summed E-state index contributed by atoms with van der Waals surface area (Å²) in [5.41, 5.74) is 7.80. The van der Waals surface area contributed by atoms with Gasteiger partial charge in [0.15, 0.2) is 5.75 Å². The van der Waals surface area contributed by atoms with Crippen LogP contribution in [0, 0.1) is 10.1 Å². The number of hydrogen-bond acceptors (Lipinski definition) is 5. The highest BCUT2D eigenvalue weighted by Gasteiger charge is 2.23. The van der Waals surface area contributed by atoms with E-state index in [2.05, 4.69) is 0 Å². The molecule has 6 nitrogen and oxygen atoms in total. The molecule has 4 N–H and O–H groups in total. The quantitative estimate of drug-likeness (QED) is 0.207. The van der Waals surface area contributed by atoms with Crippen LogP contribution in [0.2, 0.25) is 0 Å². The van der Waals surface area contributed by atoms with Crippen LogP contribution in [0.25, 0.3) is 0 Å². The van der Waals surface area contributed by atoms with Gasteiger partial charge in [-0.15, -0.1) is 12.4 Å². The maximum atomic E-state index is 10.7. The van der Waals surface area contributed by atoms with E-state index in [1.807, 2.05) is 12.1 Å². The summed E-state index contributed by atoms with van der Waals surface area (Å²) in [6.07, 6.45) is 11.8. The smallest absolute Gasteiger partial charge is 0.310 e. The van der Waals surface area contributed by atoms with Gasteiger partial charge in [0.2, 0.25) is 0 Å². The number of phenolic OH excluding ortho intramolecular Hbond substituents is 2. The zero-order valence-electron chi connectivity index (χ0n) is 17.8. The fraction of sp³-hybridized carbons (Fsp3) is 0.500. The number of rotatable bonds is 3. The van der Waals surface area contributed by atoms with Crippen molar-refractivity contribution in [2.45, 2.75) is 76.0 Å². The normalized spacial score (nSPS) is 17.2. The molecule has 2 aromatic carbocycles. The number of para-hydroxylation sites is 2. The molecule has 0 spiro atoms. The molecule has 7 heteroatoms. The SMILES string of the molecule is Cl.Nc1cccc(C2CCCCC2)c1O.O=[N+]([O-])c1cccc(C2CCCCC2)c1O. The minimum absolute atomic E-state index is 0. The molecular weight excluding hydrogens is 416 g/mol. The molecule has 0 atom stereocenters. The molecule has 2 saturated carbocycles. The lowest BCUT2D eigenvalue weighted by atomic mass is 9.83. The number of aromatic hydroxyl groups is 2. The Morgan fingerprint density at radius 1 is 0.774 bits per heavy atom. The van der Waals surface area contributed by atoms with Crippen molar-refractivity contribution < 1.29 is 15.1 Å². The lowest BCUT2D eigenvalue weighted by molar-refractivity contribution is -0.386. The van der Waals surface area contributed by atoms with Crippen molar-refractivity contribution in [3.05, 3.63) is 57.6 Å². The topological polar surface area (TPSA) is 110 Å². The minimum Gasteiger partial charge on any atom is -0.505 e. The Morgan fingerprint density at radius 3 is 1.71 bits per heavy atom. The summed E-state index contributed by atoms with van der Waals surface area (Å²) in [5.74, 6) is 0.972. The largest absolute Gasteiger partial charge is 0.505 e. The number of nitro groups is 1. The number of phenols is 2. The molecule has 4 rings (SSSR count). The van der Waals surface area contributed by atoms with Crippen molar-refractivity contribution in [2.75, 3.05) is 5.73 Å². The predicted molar refractivity (Wildman–Crippen MR) is 126 cm³/mol. The summed E-state index contributed by atoms with van der Waals surface area (Å²) in [6, 6.07) is 10.5. The molecule has 2 aliphatic carbocycles. The number of halogens is 1. The van der Waals surface area contributed by atoms with E-state index in [4.69, 9.17) is 5.73 Å². The Labute approximate surface area is 190 Å². The monoisotopic (exact) mass is 448 g/mol. The van der Waals surface area contributed by atoms with Crippen LogP contribution >= 0.6 is 12.4 Å². The third-order valence-corrected chi connectivity index (χ3v) is 6.43. The molecule has 2 aromatic rings. The van der Waals surface area contributed by atoms with Gasteiger partial charge in [-0.25, -0.2) is 0 Å². The van der Waals surface area contributed by atoms with Gasteiger partial charge in [-0.05, 0) is 49.1 Å². The maximum absolute atomic E-state index is 10.7. The highest BCUT2D eigenvalue weighted by Crippen LogP contribution is 2.41. The molecule has 0 unspecified atom stereocenters. The molecule has 2 fully saturated rings. The van der Waals surface area contributed by atoms with E-state index < -0.39 is 4.92 Å². The third-order valence-electron chi connectivity index (χ3n) is 6.43. The third kappa shape index (κ3) is 6.26. The fourth-order valence-corrected chi connectivity index (χ4v) is 4.76. The molecule has 2 aliphatic rings. The number of benzene rings is 2. The van der Waals surface area contributed by atoms with Gasteiger partial charge in [0.05, 0.1) is 10.6 Å². The molecule has 0 aliphatic heterocycles. The zero-order chi connectivity index (χ0) is 21.5. The van der Waals surface area contributed by atoms with Gasteiger partial charge in [-0.3, -0.25) is 10.1 Å². The first-order chi connectivity index (χ1) is 14.5. The van der Waals surface area contributed by atoms with Crippen LogP contribution in [0.4, 0.5) is 11.4 Å². The maximum Gasteiger partial charge on any atom is 0.310 e. The summed E-state index contributed by atoms with van der Waals surface area (Å²) >= 11 is 0. The van der Waals surface area contributed by atoms with Gasteiger partial charge >= 0.3 is 5.69 Å². The van der Waals surface area contributed by atoms with Gasteiger partial charge in [-0.2, -0.15) is 0 Å². The van der Waals surface area contributed by atoms with Crippen LogP contribution in [0.5, 0.6) is 11.5 Å². The summed E-state index contributed by atoms with van der Waals surface area (Å²) in [6.45, 7) is 0. The molecule has 0 amide bonds. The van der Waals surface area contributed by atoms with Crippen LogP contribution in [0.15, 0.2) is 36.4 Å². The van der Waals surface area contributed by atoms with E-state index in [9.17, 15) is 20.3 Å². The summed E-state index contributed by atoms with van der Waals surface area (Å²) in [5, 5.41) is 30.4. The van der Waals surface area contributed by atoms with Gasteiger partial charge in [0.1, 0.15) is 5.75 Å². The standard InChI is InChI=1S/C12H15NO3.C12H17NO.ClH/c14-12-10(9-5-2-1-3-6-9)7-4-8-11(12)13(15)16;13-11-8-4-7-10(12(11)14)9-5-2-1-3-6-9;/h4,7-9,14H,1-3,5-6H2;4,7-9,14H,1-3,5-6,13H2;1H. The van der Waals surface area contributed by atoms with Gasteiger partial charge in [0.25, 0.3) is 0 Å². The first kappa shape index (κ1) is 24.8. The van der Waals surface area contributed by atoms with Crippen molar-refractivity contribution in [1.29, 1.82) is 0 Å². The predicted octanol–water partition coefficient (Wildman–Crippen LogP) is 6.79. The van der Waals surface area contributed by atoms with Gasteiger partial charge in [-0.1, -0.05) is 62.8 Å². The van der Waals surface area contributed by atoms with E-state index in [1.165, 1.54) is 44.6 Å². The minimum atomic E-state index is -0.526. The van der Waals surface area contributed by atoms with Crippen LogP contribution < -0.4 is 5.73 Å². The second-order valence-corrected chi connectivity index (χ2v) is 8.43. The molecule has 0 bridgehead atoms. The molecule has 0 aromatic heterocycles. The zero-order valence-corrected chi connectivity index (χ0v) is 18.7. The highest BCUT2D eigenvalue weighted by atomic mass is 35.5. The Morgan fingerprint density at radius 2 is 1.23 bits per heavy atom. The van der Waals surface area contributed by atoms with E-state index in [1.54, 1.807) is 18.2 Å². The number of anilines is 1. The van der Waals surface area contributed by atoms with Crippen molar-refractivity contribution >= 4 is 23.8 Å². The summed E-state index contributed by atoms with van der Waals surface area (Å²) in [7, 11) is 0. The second kappa shape index (κ2) is 11.8. The molecular formula is C24H33ClN2O4. The number of nitrogen functional groups attached to an aromatic ring is 1. The first-order valence-electron chi connectivity index (χ1n) is 11.0. The number of nitro benzene ring substituents is 1. The van der Waals surface area contributed by atoms with E-state index in [0.29, 0.717) is 17.4 Å². The fourth-order valence-electron chi connectivity index (χ4n) is 4.76. The van der Waals surface area contributed by atoms with Crippen molar-refractivity contribution in [2.24, 2.45) is 0 Å². The van der Waals surface area contributed by atoms with Crippen molar-refractivity contribution in [3.8, 4) is 11.5 Å². The average molecular weight is 449 g/mol. The van der Waals surface area contributed by atoms with Crippen LogP contribution in [0.3, 0.4) is 0 Å². The summed E-state index contributed by atoms with van der Waals surface area (Å²) in [4.78, 5) is 10.2. The summed E-state index contributed by atoms with van der Waals surface area (Å²) < 4.78 is 0. The van der Waals surface area contributed by atoms with Gasteiger partial charge in [0, 0.05) is 11.6 Å². The molecule has 0 saturated heterocycles. The lowest BCUT2D eigenvalue weighted by Gasteiger charge is -2.23. The Hall–Kier alpha value is -2.47. The molecule has 170 valence electrons. The van der Waals surface area contributed by atoms with Crippen LogP contribution in [-0.4, -0.2) is 15.1 Å². The molecule has 31 heavy (non-hydrogen) atoms. The number of hydrogen-bond donors (Lipinski definition) is 3. The van der Waals surface area contributed by atoms with Crippen molar-refractivity contribution in [1.82, 2.24) is 0 Å². The van der Waals surface area contributed by atoms with Gasteiger partial charge < -0.3 is 15.9 Å². The Balaban J connectivity index is 0.000000215. The highest BCUT2D eigenvalue weighted by molar-refractivity contribution is 5.85. The Bertz CT molecular complexity index is 863. The first-order valence-corrected chi connectivity index (χ1v) is 11.0. The van der Waals surface area contributed by atoms with E-state index in [-0.39, 0.29) is 29.8 Å². The lowest BCUT2D eigenvalue weighted by Crippen LogP contribution is -2.05. The number of nitrogens with zero attached hydrogens (tertiary/aromatic N) is 1. The molecule has 0 heterocycles. The molecule has 0 radical (unpaired) electrons. The van der Waals surface area contributed by atoms with Crippen LogP contribution in [-0.2, 0) is 0 Å². The second-order valence-electron chi connectivity index (χ2n) is 8.43. The van der Waals surface area contributed by atoms with Crippen LogP contribution in [0.1, 0.15) is 87.2 Å². The Kier molecular flexibility index (Phi) is 9.44. The number of nitrogens with two attached hydrogens (primary N) is 1. The van der Waals surface area contributed by atoms with E-state index in [0.717, 1.165) is 36.8 Å². The van der Waals surface area contributed by atoms with E-state index >= 15 is 0 Å². The van der Waals surface area contributed by atoms with Crippen molar-refractivity contribution in [3.63, 3.8) is 0 Å². The average Bonchev–Trinajstić information content (AvgIpc) is 2.77.